The number of benzene rings is 1. The molecule has 0 heterocycles. The molecule has 1 unspecified atom stereocenters. The van der Waals surface area contributed by atoms with Gasteiger partial charge in [-0.2, -0.15) is 0 Å². The summed E-state index contributed by atoms with van der Waals surface area (Å²) in [6, 6.07) is 6.68. The lowest BCUT2D eigenvalue weighted by Crippen LogP contribution is -1.96. The van der Waals surface area contributed by atoms with Gasteiger partial charge >= 0.3 is 0 Å². The van der Waals surface area contributed by atoms with Gasteiger partial charge in [0.15, 0.2) is 0 Å². The Labute approximate surface area is 81.3 Å². The summed E-state index contributed by atoms with van der Waals surface area (Å²) in [5.41, 5.74) is 4.17. The van der Waals surface area contributed by atoms with Crippen LogP contribution >= 0.6 is 0 Å². The van der Waals surface area contributed by atoms with E-state index in [1.54, 1.807) is 0 Å². The highest BCUT2D eigenvalue weighted by Crippen LogP contribution is 2.13. The van der Waals surface area contributed by atoms with Crippen molar-refractivity contribution in [2.45, 2.75) is 27.2 Å². The van der Waals surface area contributed by atoms with Gasteiger partial charge in [-0.15, -0.1) is 6.58 Å². The summed E-state index contributed by atoms with van der Waals surface area (Å²) in [6.45, 7) is 10.3. The van der Waals surface area contributed by atoms with Crippen LogP contribution < -0.4 is 0 Å². The summed E-state index contributed by atoms with van der Waals surface area (Å²) < 4.78 is 0. The van der Waals surface area contributed by atoms with Crippen molar-refractivity contribution >= 4 is 0 Å². The van der Waals surface area contributed by atoms with Crippen molar-refractivity contribution in [1.82, 2.24) is 0 Å². The van der Waals surface area contributed by atoms with Gasteiger partial charge in [-0.05, 0) is 42.9 Å². The lowest BCUT2D eigenvalue weighted by molar-refractivity contribution is 0.725. The SMILES string of the molecule is C=CC(C)Cc1ccc(C)c(C)c1. The second-order valence-electron chi connectivity index (χ2n) is 3.84. The van der Waals surface area contributed by atoms with Crippen LogP contribution in [0.25, 0.3) is 0 Å². The fourth-order valence-electron chi connectivity index (χ4n) is 1.39. The van der Waals surface area contributed by atoms with Crippen LogP contribution in [0, 0.1) is 19.8 Å². The molecule has 0 saturated heterocycles. The maximum atomic E-state index is 3.80. The van der Waals surface area contributed by atoms with E-state index in [0.29, 0.717) is 5.92 Å². The molecule has 0 radical (unpaired) electrons. The second-order valence-corrected chi connectivity index (χ2v) is 3.84. The molecule has 1 rings (SSSR count). The smallest absolute Gasteiger partial charge is 0.0218 e. The molecule has 0 aliphatic heterocycles. The minimum atomic E-state index is 0.571. The fraction of sp³-hybridized carbons (Fsp3) is 0.385. The van der Waals surface area contributed by atoms with E-state index in [-0.39, 0.29) is 0 Å². The van der Waals surface area contributed by atoms with Crippen molar-refractivity contribution < 1.29 is 0 Å². The van der Waals surface area contributed by atoms with Crippen molar-refractivity contribution in [3.8, 4) is 0 Å². The molecule has 70 valence electrons. The zero-order valence-electron chi connectivity index (χ0n) is 8.80. The van der Waals surface area contributed by atoms with E-state index < -0.39 is 0 Å². The van der Waals surface area contributed by atoms with Crippen molar-refractivity contribution in [2.75, 3.05) is 0 Å². The summed E-state index contributed by atoms with van der Waals surface area (Å²) in [5, 5.41) is 0. The molecule has 0 aromatic heterocycles. The standard InChI is InChI=1S/C13H18/c1-5-10(2)8-13-7-6-11(3)12(4)9-13/h5-7,9-10H,1,8H2,2-4H3. The predicted molar refractivity (Wildman–Crippen MR) is 59.0 cm³/mol. The van der Waals surface area contributed by atoms with E-state index in [1.807, 2.05) is 6.08 Å². The molecule has 0 amide bonds. The maximum absolute atomic E-state index is 3.80. The van der Waals surface area contributed by atoms with E-state index in [9.17, 15) is 0 Å². The highest BCUT2D eigenvalue weighted by molar-refractivity contribution is 5.30. The summed E-state index contributed by atoms with van der Waals surface area (Å²) in [7, 11) is 0. The van der Waals surface area contributed by atoms with Gasteiger partial charge in [0, 0.05) is 0 Å². The molecule has 0 aliphatic rings. The Balaban J connectivity index is 2.79. The molecule has 0 saturated carbocycles. The van der Waals surface area contributed by atoms with E-state index in [0.717, 1.165) is 6.42 Å². The topological polar surface area (TPSA) is 0 Å². The quantitative estimate of drug-likeness (QED) is 0.613. The van der Waals surface area contributed by atoms with Crippen LogP contribution in [-0.2, 0) is 6.42 Å². The Morgan fingerprint density at radius 3 is 2.54 bits per heavy atom. The van der Waals surface area contributed by atoms with Gasteiger partial charge in [0.25, 0.3) is 0 Å². The monoisotopic (exact) mass is 174 g/mol. The van der Waals surface area contributed by atoms with Crippen LogP contribution in [0.4, 0.5) is 0 Å². The van der Waals surface area contributed by atoms with Crippen LogP contribution in [0.1, 0.15) is 23.6 Å². The van der Waals surface area contributed by atoms with Crippen LogP contribution in [0.15, 0.2) is 30.9 Å². The minimum Gasteiger partial charge on any atom is -0.103 e. The molecular weight excluding hydrogens is 156 g/mol. The lowest BCUT2D eigenvalue weighted by atomic mass is 9.98. The van der Waals surface area contributed by atoms with Gasteiger partial charge in [0.05, 0.1) is 0 Å². The van der Waals surface area contributed by atoms with E-state index >= 15 is 0 Å². The molecule has 1 atom stereocenters. The fourth-order valence-corrected chi connectivity index (χ4v) is 1.39. The molecule has 1 aromatic carbocycles. The van der Waals surface area contributed by atoms with Crippen molar-refractivity contribution in [1.29, 1.82) is 0 Å². The Bertz CT molecular complexity index is 297. The second kappa shape index (κ2) is 4.27. The van der Waals surface area contributed by atoms with Crippen molar-refractivity contribution in [3.63, 3.8) is 0 Å². The average molecular weight is 174 g/mol. The molecule has 0 N–H and O–H groups in total. The summed E-state index contributed by atoms with van der Waals surface area (Å²) in [5.74, 6) is 0.571. The van der Waals surface area contributed by atoms with Gasteiger partial charge in [-0.3, -0.25) is 0 Å². The van der Waals surface area contributed by atoms with Gasteiger partial charge in [-0.1, -0.05) is 31.2 Å². The highest BCUT2D eigenvalue weighted by atomic mass is 14.1. The Kier molecular flexibility index (Phi) is 3.30. The van der Waals surface area contributed by atoms with Crippen LogP contribution in [-0.4, -0.2) is 0 Å². The first-order chi connectivity index (χ1) is 6.13. The van der Waals surface area contributed by atoms with Gasteiger partial charge < -0.3 is 0 Å². The number of hydrogen-bond acceptors (Lipinski definition) is 0. The first-order valence-electron chi connectivity index (χ1n) is 4.82. The maximum Gasteiger partial charge on any atom is -0.0218 e. The molecular formula is C13H18. The molecule has 0 bridgehead atoms. The Hall–Kier alpha value is -1.04. The number of rotatable bonds is 3. The van der Waals surface area contributed by atoms with Crippen molar-refractivity contribution in [3.05, 3.63) is 47.5 Å². The number of hydrogen-bond donors (Lipinski definition) is 0. The summed E-state index contributed by atoms with van der Waals surface area (Å²) in [6.07, 6.45) is 3.11. The normalized spacial score (nSPS) is 12.5. The number of aryl methyl sites for hydroxylation is 2. The minimum absolute atomic E-state index is 0.571. The van der Waals surface area contributed by atoms with Crippen LogP contribution in [0.5, 0.6) is 0 Å². The molecule has 13 heavy (non-hydrogen) atoms. The zero-order chi connectivity index (χ0) is 9.84. The van der Waals surface area contributed by atoms with Crippen molar-refractivity contribution in [2.24, 2.45) is 5.92 Å². The Morgan fingerprint density at radius 1 is 1.31 bits per heavy atom. The predicted octanol–water partition coefficient (Wildman–Crippen LogP) is 3.67. The molecule has 0 nitrogen and oxygen atoms in total. The number of allylic oxidation sites excluding steroid dienone is 1. The third kappa shape index (κ3) is 2.73. The molecule has 0 heteroatoms. The molecule has 0 spiro atoms. The molecule has 1 aromatic rings. The van der Waals surface area contributed by atoms with Gasteiger partial charge in [0.2, 0.25) is 0 Å². The highest BCUT2D eigenvalue weighted by Gasteiger charge is 2.00. The summed E-state index contributed by atoms with van der Waals surface area (Å²) in [4.78, 5) is 0. The first kappa shape index (κ1) is 10.0. The third-order valence-corrected chi connectivity index (χ3v) is 2.53. The zero-order valence-corrected chi connectivity index (χ0v) is 8.80. The Morgan fingerprint density at radius 2 is 2.00 bits per heavy atom. The van der Waals surface area contributed by atoms with E-state index in [2.05, 4.69) is 45.5 Å². The van der Waals surface area contributed by atoms with Gasteiger partial charge in [0.1, 0.15) is 0 Å². The first-order valence-corrected chi connectivity index (χ1v) is 4.82. The molecule has 0 fully saturated rings. The van der Waals surface area contributed by atoms with E-state index in [1.165, 1.54) is 16.7 Å². The third-order valence-electron chi connectivity index (χ3n) is 2.53. The van der Waals surface area contributed by atoms with Crippen LogP contribution in [0.2, 0.25) is 0 Å². The lowest BCUT2D eigenvalue weighted by Gasteiger charge is -2.08. The van der Waals surface area contributed by atoms with Gasteiger partial charge in [-0.25, -0.2) is 0 Å². The molecule has 0 aliphatic carbocycles. The largest absolute Gasteiger partial charge is 0.103 e. The van der Waals surface area contributed by atoms with E-state index in [4.69, 9.17) is 0 Å². The van der Waals surface area contributed by atoms with Crippen LogP contribution in [0.3, 0.4) is 0 Å². The summed E-state index contributed by atoms with van der Waals surface area (Å²) >= 11 is 0. The average Bonchev–Trinajstić information content (AvgIpc) is 2.11.